The Labute approximate surface area is 185 Å². The highest BCUT2D eigenvalue weighted by Crippen LogP contribution is 2.29. The predicted octanol–water partition coefficient (Wildman–Crippen LogP) is 4.41. The molecule has 160 valence electrons. The lowest BCUT2D eigenvalue weighted by atomic mass is 10.1. The number of thioether (sulfide) groups is 1. The molecule has 7 heteroatoms. The van der Waals surface area contributed by atoms with Crippen molar-refractivity contribution in [2.24, 2.45) is 0 Å². The average Bonchev–Trinajstić information content (AvgIpc) is 3.56. The van der Waals surface area contributed by atoms with Gasteiger partial charge in [-0.05, 0) is 49.6 Å². The van der Waals surface area contributed by atoms with Crippen molar-refractivity contribution < 1.29 is 14.0 Å². The third-order valence-electron chi connectivity index (χ3n) is 5.18. The van der Waals surface area contributed by atoms with Crippen molar-refractivity contribution in [3.8, 4) is 0 Å². The van der Waals surface area contributed by atoms with E-state index in [9.17, 15) is 14.0 Å². The van der Waals surface area contributed by atoms with Crippen LogP contribution in [0.15, 0.2) is 59.6 Å². The van der Waals surface area contributed by atoms with Crippen LogP contribution in [0.5, 0.6) is 0 Å². The molecular formula is C24H24FN3O2S. The third kappa shape index (κ3) is 5.22. The van der Waals surface area contributed by atoms with Gasteiger partial charge in [0.2, 0.25) is 5.91 Å². The maximum atomic E-state index is 13.4. The molecule has 3 aromatic rings. The van der Waals surface area contributed by atoms with Gasteiger partial charge in [0.05, 0.1) is 21.4 Å². The van der Waals surface area contributed by atoms with E-state index in [-0.39, 0.29) is 23.7 Å². The summed E-state index contributed by atoms with van der Waals surface area (Å²) in [7, 11) is 1.70. The van der Waals surface area contributed by atoms with E-state index < -0.39 is 5.25 Å². The lowest BCUT2D eigenvalue weighted by molar-refractivity contribution is -0.129. The first-order chi connectivity index (χ1) is 14.9. The second kappa shape index (κ2) is 9.06. The summed E-state index contributed by atoms with van der Waals surface area (Å²) < 4.78 is 13.4. The number of amides is 2. The van der Waals surface area contributed by atoms with E-state index in [4.69, 9.17) is 0 Å². The Balaban J connectivity index is 1.51. The van der Waals surface area contributed by atoms with Gasteiger partial charge in [0.1, 0.15) is 5.82 Å². The molecule has 1 aromatic heterocycles. The summed E-state index contributed by atoms with van der Waals surface area (Å²) in [6.45, 7) is 2.14. The van der Waals surface area contributed by atoms with Crippen LogP contribution in [0.1, 0.15) is 35.7 Å². The monoisotopic (exact) mass is 437 g/mol. The summed E-state index contributed by atoms with van der Waals surface area (Å²) in [5.74, 6) is -0.517. The summed E-state index contributed by atoms with van der Waals surface area (Å²) >= 11 is 1.32. The zero-order valence-electron chi connectivity index (χ0n) is 17.5. The predicted molar refractivity (Wildman–Crippen MR) is 120 cm³/mol. The minimum Gasteiger partial charge on any atom is -0.349 e. The molecule has 2 aromatic carbocycles. The van der Waals surface area contributed by atoms with Crippen LogP contribution in [0.4, 0.5) is 4.39 Å². The number of halogens is 1. The molecule has 0 saturated heterocycles. The first-order valence-electron chi connectivity index (χ1n) is 10.3. The highest BCUT2D eigenvalue weighted by Gasteiger charge is 2.26. The van der Waals surface area contributed by atoms with Crippen LogP contribution in [0.25, 0.3) is 10.9 Å². The summed E-state index contributed by atoms with van der Waals surface area (Å²) in [6.07, 6.45) is 2.03. The smallest absolute Gasteiger partial charge is 0.252 e. The molecule has 0 radical (unpaired) electrons. The first-order valence-corrected chi connectivity index (χ1v) is 11.2. The van der Waals surface area contributed by atoms with Crippen molar-refractivity contribution in [1.29, 1.82) is 0 Å². The molecule has 2 amide bonds. The fourth-order valence-electron chi connectivity index (χ4n) is 3.42. The van der Waals surface area contributed by atoms with E-state index in [2.05, 4.69) is 10.3 Å². The Hall–Kier alpha value is -2.93. The van der Waals surface area contributed by atoms with Gasteiger partial charge in [0, 0.05) is 25.0 Å². The summed E-state index contributed by atoms with van der Waals surface area (Å²) in [6, 6.07) is 15.8. The van der Waals surface area contributed by atoms with Crippen molar-refractivity contribution in [3.63, 3.8) is 0 Å². The maximum Gasteiger partial charge on any atom is 0.252 e. The number of hydrogen-bond donors (Lipinski definition) is 1. The topological polar surface area (TPSA) is 62.3 Å². The highest BCUT2D eigenvalue weighted by atomic mass is 32.2. The second-order valence-electron chi connectivity index (χ2n) is 7.86. The van der Waals surface area contributed by atoms with E-state index in [0.717, 1.165) is 29.3 Å². The molecule has 1 heterocycles. The molecule has 1 aliphatic rings. The summed E-state index contributed by atoms with van der Waals surface area (Å²) in [4.78, 5) is 31.9. The Morgan fingerprint density at radius 3 is 2.71 bits per heavy atom. The van der Waals surface area contributed by atoms with E-state index in [1.54, 1.807) is 30.1 Å². The van der Waals surface area contributed by atoms with Crippen molar-refractivity contribution in [3.05, 3.63) is 71.5 Å². The van der Waals surface area contributed by atoms with Crippen LogP contribution in [-0.2, 0) is 11.3 Å². The number of hydrogen-bond acceptors (Lipinski definition) is 4. The number of rotatable bonds is 7. The Kier molecular flexibility index (Phi) is 6.23. The van der Waals surface area contributed by atoms with E-state index in [1.165, 1.54) is 23.9 Å². The summed E-state index contributed by atoms with van der Waals surface area (Å²) in [5, 5.41) is 4.05. The van der Waals surface area contributed by atoms with E-state index in [0.29, 0.717) is 17.1 Å². The summed E-state index contributed by atoms with van der Waals surface area (Å²) in [5.41, 5.74) is 2.03. The number of aromatic nitrogens is 1. The largest absolute Gasteiger partial charge is 0.349 e. The van der Waals surface area contributed by atoms with Crippen LogP contribution in [0, 0.1) is 5.82 Å². The van der Waals surface area contributed by atoms with Crippen molar-refractivity contribution in [2.75, 3.05) is 7.05 Å². The highest BCUT2D eigenvalue weighted by molar-refractivity contribution is 8.00. The molecule has 0 spiro atoms. The molecule has 0 bridgehead atoms. The zero-order valence-corrected chi connectivity index (χ0v) is 18.3. The van der Waals surface area contributed by atoms with Crippen molar-refractivity contribution in [1.82, 2.24) is 15.2 Å². The van der Waals surface area contributed by atoms with Gasteiger partial charge in [-0.3, -0.25) is 9.59 Å². The molecule has 31 heavy (non-hydrogen) atoms. The minimum absolute atomic E-state index is 0.0896. The average molecular weight is 438 g/mol. The number of carbonyl (C=O) groups excluding carboxylic acids is 2. The molecule has 0 aliphatic heterocycles. The number of fused-ring (bicyclic) bond motifs is 1. The number of pyridine rings is 1. The van der Waals surface area contributed by atoms with Gasteiger partial charge >= 0.3 is 0 Å². The van der Waals surface area contributed by atoms with Gasteiger partial charge in [0.15, 0.2) is 0 Å². The molecule has 1 unspecified atom stereocenters. The fraction of sp³-hybridized carbons (Fsp3) is 0.292. The Morgan fingerprint density at radius 2 is 1.97 bits per heavy atom. The van der Waals surface area contributed by atoms with Crippen molar-refractivity contribution >= 4 is 34.5 Å². The second-order valence-corrected chi connectivity index (χ2v) is 9.22. The number of carbonyl (C=O) groups is 2. The van der Waals surface area contributed by atoms with E-state index >= 15 is 0 Å². The SMILES string of the molecule is CC(Sc1cc(C(=O)NC2CC2)c2ccccc2n1)C(=O)N(C)Cc1cccc(F)c1. The maximum absolute atomic E-state index is 13.4. The van der Waals surface area contributed by atoms with Gasteiger partial charge in [0.25, 0.3) is 5.91 Å². The standard InChI is InChI=1S/C24H24FN3O2S/c1-15(24(30)28(2)14-16-6-5-7-17(25)12-16)31-22-13-20(23(29)26-18-10-11-18)19-8-3-4-9-21(19)27-22/h3-9,12-13,15,18H,10-11,14H2,1-2H3,(H,26,29). The van der Waals surface area contributed by atoms with Crippen LogP contribution >= 0.6 is 11.8 Å². The molecule has 1 saturated carbocycles. The number of nitrogens with zero attached hydrogens (tertiary/aromatic N) is 2. The first kappa shape index (κ1) is 21.3. The molecule has 4 rings (SSSR count). The molecule has 5 nitrogen and oxygen atoms in total. The molecule has 1 fully saturated rings. The molecule has 1 atom stereocenters. The normalized spacial score (nSPS) is 14.3. The van der Waals surface area contributed by atoms with Crippen LogP contribution in [0.2, 0.25) is 0 Å². The Bertz CT molecular complexity index is 1130. The Morgan fingerprint density at radius 1 is 1.19 bits per heavy atom. The fourth-order valence-corrected chi connectivity index (χ4v) is 4.40. The van der Waals surface area contributed by atoms with Crippen LogP contribution < -0.4 is 5.32 Å². The van der Waals surface area contributed by atoms with Gasteiger partial charge in [-0.15, -0.1) is 0 Å². The third-order valence-corrected chi connectivity index (χ3v) is 6.19. The molecule has 1 aliphatic carbocycles. The molecular weight excluding hydrogens is 413 g/mol. The van der Waals surface area contributed by atoms with E-state index in [1.807, 2.05) is 31.2 Å². The van der Waals surface area contributed by atoms with Gasteiger partial charge in [-0.25, -0.2) is 9.37 Å². The van der Waals surface area contributed by atoms with Gasteiger partial charge in [-0.2, -0.15) is 0 Å². The van der Waals surface area contributed by atoms with Crippen LogP contribution in [0.3, 0.4) is 0 Å². The van der Waals surface area contributed by atoms with Crippen molar-refractivity contribution in [2.45, 2.75) is 42.6 Å². The van der Waals surface area contributed by atoms with Gasteiger partial charge in [-0.1, -0.05) is 42.1 Å². The van der Waals surface area contributed by atoms with Crippen LogP contribution in [-0.4, -0.2) is 40.0 Å². The number of benzene rings is 2. The lowest BCUT2D eigenvalue weighted by Crippen LogP contribution is -2.32. The lowest BCUT2D eigenvalue weighted by Gasteiger charge is -2.21. The number of nitrogens with one attached hydrogen (secondary N) is 1. The molecule has 1 N–H and O–H groups in total. The van der Waals surface area contributed by atoms with Gasteiger partial charge < -0.3 is 10.2 Å². The minimum atomic E-state index is -0.411. The number of para-hydroxylation sites is 1. The zero-order chi connectivity index (χ0) is 22.0. The quantitative estimate of drug-likeness (QED) is 0.557.